The number of carbonyl (C=O) groups excluding carboxylic acids is 1. The highest BCUT2D eigenvalue weighted by atomic mass is 35.5. The summed E-state index contributed by atoms with van der Waals surface area (Å²) in [5.41, 5.74) is 4.33. The van der Waals surface area contributed by atoms with E-state index in [2.05, 4.69) is 15.3 Å². The molecule has 0 fully saturated rings. The lowest BCUT2D eigenvalue weighted by atomic mass is 10.0. The van der Waals surface area contributed by atoms with Gasteiger partial charge in [-0.1, -0.05) is 35.3 Å². The lowest BCUT2D eigenvalue weighted by molar-refractivity contribution is 0.217. The minimum absolute atomic E-state index is 0.187. The molecule has 0 radical (unpaired) electrons. The Balaban J connectivity index is 1.43. The number of carbonyl (C=O) groups is 1. The number of pyridine rings is 1. The van der Waals surface area contributed by atoms with Gasteiger partial charge in [0.25, 0.3) is 0 Å². The van der Waals surface area contributed by atoms with Crippen molar-refractivity contribution in [2.75, 3.05) is 18.4 Å². The molecule has 3 heterocycles. The summed E-state index contributed by atoms with van der Waals surface area (Å²) in [5.74, 6) is 0.349. The fraction of sp³-hybridized carbons (Fsp3) is 0.227. The summed E-state index contributed by atoms with van der Waals surface area (Å²) < 4.78 is 5.34. The maximum Gasteiger partial charge on any atom is 0.322 e. The highest BCUT2D eigenvalue weighted by Crippen LogP contribution is 2.30. The maximum absolute atomic E-state index is 12.6. The van der Waals surface area contributed by atoms with E-state index in [1.807, 2.05) is 25.1 Å². The van der Waals surface area contributed by atoms with E-state index >= 15 is 0 Å². The van der Waals surface area contributed by atoms with Gasteiger partial charge < -0.3 is 19.7 Å². The number of halogens is 2. The number of hydrogen-bond donors (Lipinski definition) is 2. The van der Waals surface area contributed by atoms with E-state index in [1.54, 1.807) is 23.2 Å². The standard InChI is InChI=1S/C22H20Cl2N4O3/c1-13-2-3-16(9-18(13)23)27-22(30)28-6-4-14(5-7-28)20-19(24)8-15(10-25-20)21-26-17(11-29)12-31-21/h2-4,8-10,12,29H,5-7,11H2,1H3,(H,27,30). The van der Waals surface area contributed by atoms with E-state index in [0.717, 1.165) is 11.1 Å². The molecule has 2 amide bonds. The molecule has 9 heteroatoms. The van der Waals surface area contributed by atoms with E-state index in [-0.39, 0.29) is 12.6 Å². The van der Waals surface area contributed by atoms with Crippen molar-refractivity contribution in [2.45, 2.75) is 20.0 Å². The summed E-state index contributed by atoms with van der Waals surface area (Å²) in [6, 6.07) is 6.98. The van der Waals surface area contributed by atoms with E-state index in [0.29, 0.717) is 58.1 Å². The predicted molar refractivity (Wildman–Crippen MR) is 120 cm³/mol. The number of hydrogen-bond acceptors (Lipinski definition) is 5. The third kappa shape index (κ3) is 4.74. The van der Waals surface area contributed by atoms with Crippen LogP contribution in [0.15, 0.2) is 47.2 Å². The van der Waals surface area contributed by atoms with Crippen molar-refractivity contribution in [3.63, 3.8) is 0 Å². The molecule has 0 atom stereocenters. The van der Waals surface area contributed by atoms with Crippen molar-refractivity contribution < 1.29 is 14.3 Å². The quantitative estimate of drug-likeness (QED) is 0.562. The van der Waals surface area contributed by atoms with Crippen molar-refractivity contribution in [2.24, 2.45) is 0 Å². The smallest absolute Gasteiger partial charge is 0.322 e. The van der Waals surface area contributed by atoms with Crippen LogP contribution in [-0.2, 0) is 6.61 Å². The zero-order valence-corrected chi connectivity index (χ0v) is 18.2. The molecular weight excluding hydrogens is 439 g/mol. The molecule has 0 saturated carbocycles. The van der Waals surface area contributed by atoms with Gasteiger partial charge in [-0.3, -0.25) is 4.98 Å². The Morgan fingerprint density at radius 1 is 1.29 bits per heavy atom. The molecule has 1 aromatic carbocycles. The first-order valence-corrected chi connectivity index (χ1v) is 10.4. The summed E-state index contributed by atoms with van der Waals surface area (Å²) in [5, 5.41) is 13.1. The number of rotatable bonds is 4. The zero-order valence-electron chi connectivity index (χ0n) is 16.7. The van der Waals surface area contributed by atoms with Gasteiger partial charge >= 0.3 is 6.03 Å². The van der Waals surface area contributed by atoms with Crippen LogP contribution in [0.5, 0.6) is 0 Å². The Morgan fingerprint density at radius 3 is 2.77 bits per heavy atom. The minimum atomic E-state index is -0.198. The molecule has 1 aliphatic rings. The van der Waals surface area contributed by atoms with Gasteiger partial charge in [0, 0.05) is 30.0 Å². The van der Waals surface area contributed by atoms with Gasteiger partial charge in [0.15, 0.2) is 0 Å². The molecule has 0 spiro atoms. The number of anilines is 1. The molecule has 0 saturated heterocycles. The number of urea groups is 1. The molecule has 3 aromatic rings. The summed E-state index contributed by atoms with van der Waals surface area (Å²) in [4.78, 5) is 22.9. The molecule has 0 aliphatic carbocycles. The van der Waals surface area contributed by atoms with E-state index in [1.165, 1.54) is 6.26 Å². The summed E-state index contributed by atoms with van der Waals surface area (Å²) in [6.45, 7) is 2.70. The van der Waals surface area contributed by atoms with Crippen LogP contribution < -0.4 is 5.32 Å². The topological polar surface area (TPSA) is 91.5 Å². The fourth-order valence-corrected chi connectivity index (χ4v) is 3.71. The summed E-state index contributed by atoms with van der Waals surface area (Å²) >= 11 is 12.6. The lowest BCUT2D eigenvalue weighted by Crippen LogP contribution is -2.38. The molecule has 7 nitrogen and oxygen atoms in total. The van der Waals surface area contributed by atoms with Crippen molar-refractivity contribution in [1.82, 2.24) is 14.9 Å². The highest BCUT2D eigenvalue weighted by molar-refractivity contribution is 6.32. The van der Waals surface area contributed by atoms with Crippen LogP contribution in [0.2, 0.25) is 10.0 Å². The van der Waals surface area contributed by atoms with Crippen LogP contribution in [-0.4, -0.2) is 39.1 Å². The third-order valence-electron chi connectivity index (χ3n) is 5.03. The van der Waals surface area contributed by atoms with Gasteiger partial charge in [-0.15, -0.1) is 0 Å². The van der Waals surface area contributed by atoms with E-state index in [4.69, 9.17) is 32.7 Å². The minimum Gasteiger partial charge on any atom is -0.444 e. The SMILES string of the molecule is Cc1ccc(NC(=O)N2CC=C(c3ncc(-c4nc(CO)co4)cc3Cl)CC2)cc1Cl. The fourth-order valence-electron chi connectivity index (χ4n) is 3.25. The number of aromatic nitrogens is 2. The lowest BCUT2D eigenvalue weighted by Gasteiger charge is -2.27. The zero-order chi connectivity index (χ0) is 22.0. The number of aryl methyl sites for hydroxylation is 1. The van der Waals surface area contributed by atoms with Crippen LogP contribution >= 0.6 is 23.2 Å². The first-order valence-electron chi connectivity index (χ1n) is 9.67. The number of oxazole rings is 1. The van der Waals surface area contributed by atoms with Crippen molar-refractivity contribution in [3.05, 3.63) is 69.8 Å². The molecule has 160 valence electrons. The largest absolute Gasteiger partial charge is 0.444 e. The number of amides is 2. The van der Waals surface area contributed by atoms with Crippen molar-refractivity contribution in [1.29, 1.82) is 0 Å². The van der Waals surface area contributed by atoms with Crippen molar-refractivity contribution in [3.8, 4) is 11.5 Å². The predicted octanol–water partition coefficient (Wildman–Crippen LogP) is 5.17. The molecule has 2 N–H and O–H groups in total. The summed E-state index contributed by atoms with van der Waals surface area (Å²) in [6.07, 6.45) is 5.61. The van der Waals surface area contributed by atoms with Gasteiger partial charge in [0.1, 0.15) is 12.0 Å². The molecule has 2 aromatic heterocycles. The van der Waals surface area contributed by atoms with Gasteiger partial charge in [-0.05, 0) is 42.7 Å². The Kier molecular flexibility index (Phi) is 6.27. The van der Waals surface area contributed by atoms with Gasteiger partial charge in [0.05, 0.1) is 22.9 Å². The molecule has 1 aliphatic heterocycles. The second-order valence-corrected chi connectivity index (χ2v) is 7.99. The molecule has 0 bridgehead atoms. The Hall–Kier alpha value is -2.87. The summed E-state index contributed by atoms with van der Waals surface area (Å²) in [7, 11) is 0. The molecule has 4 rings (SSSR count). The number of nitrogens with one attached hydrogen (secondary N) is 1. The Morgan fingerprint density at radius 2 is 2.13 bits per heavy atom. The second-order valence-electron chi connectivity index (χ2n) is 7.18. The van der Waals surface area contributed by atoms with Gasteiger partial charge in [-0.25, -0.2) is 9.78 Å². The highest BCUT2D eigenvalue weighted by Gasteiger charge is 2.21. The van der Waals surface area contributed by atoms with E-state index < -0.39 is 0 Å². The number of aliphatic hydroxyl groups is 1. The van der Waals surface area contributed by atoms with Crippen molar-refractivity contribution >= 4 is 40.5 Å². The van der Waals surface area contributed by atoms with Gasteiger partial charge in [0.2, 0.25) is 5.89 Å². The van der Waals surface area contributed by atoms with E-state index in [9.17, 15) is 4.79 Å². The maximum atomic E-state index is 12.6. The second kappa shape index (κ2) is 9.09. The molecular formula is C22H20Cl2N4O3. The monoisotopic (exact) mass is 458 g/mol. The normalized spacial score (nSPS) is 13.8. The molecule has 0 unspecified atom stereocenters. The number of benzene rings is 1. The van der Waals surface area contributed by atoms with Crippen LogP contribution in [0.1, 0.15) is 23.4 Å². The average molecular weight is 459 g/mol. The first-order chi connectivity index (χ1) is 14.9. The van der Waals surface area contributed by atoms with Crippen LogP contribution in [0.4, 0.5) is 10.5 Å². The van der Waals surface area contributed by atoms with Crippen LogP contribution in [0, 0.1) is 6.92 Å². The third-order valence-corrected chi connectivity index (χ3v) is 5.72. The van der Waals surface area contributed by atoms with Gasteiger partial charge in [-0.2, -0.15) is 0 Å². The first kappa shape index (κ1) is 21.4. The van der Waals surface area contributed by atoms with Crippen LogP contribution in [0.3, 0.4) is 0 Å². The Bertz CT molecular complexity index is 1160. The Labute approximate surface area is 189 Å². The number of aliphatic hydroxyl groups excluding tert-OH is 1. The average Bonchev–Trinajstić information content (AvgIpc) is 3.26. The van der Waals surface area contributed by atoms with Crippen LogP contribution in [0.25, 0.3) is 17.0 Å². The number of nitrogens with zero attached hydrogens (tertiary/aromatic N) is 3. The molecule has 31 heavy (non-hydrogen) atoms.